The van der Waals surface area contributed by atoms with E-state index in [-0.39, 0.29) is 5.75 Å². The van der Waals surface area contributed by atoms with E-state index >= 15 is 0 Å². The van der Waals surface area contributed by atoms with Crippen molar-refractivity contribution in [3.63, 3.8) is 0 Å². The number of rotatable bonds is 2. The molecule has 0 radical (unpaired) electrons. The van der Waals surface area contributed by atoms with E-state index in [0.717, 1.165) is 12.1 Å². The molecule has 3 nitrogen and oxygen atoms in total. The highest BCUT2D eigenvalue weighted by molar-refractivity contribution is 5.63. The van der Waals surface area contributed by atoms with Gasteiger partial charge in [0.05, 0.1) is 12.7 Å². The molecule has 0 saturated carbocycles. The third-order valence-corrected chi connectivity index (χ3v) is 1.68. The summed E-state index contributed by atoms with van der Waals surface area (Å²) >= 11 is 0. The lowest BCUT2D eigenvalue weighted by atomic mass is 10.1. The van der Waals surface area contributed by atoms with E-state index in [1.807, 2.05) is 0 Å². The van der Waals surface area contributed by atoms with Gasteiger partial charge in [-0.2, -0.15) is 18.2 Å². The SMILES string of the molecule is COc1cccc(C(F)(F)F)c1N=C=O. The molecular weight excluding hydrogens is 211 g/mol. The van der Waals surface area contributed by atoms with Crippen molar-refractivity contribution in [3.05, 3.63) is 23.8 Å². The number of isocyanates is 1. The second-order valence-electron chi connectivity index (χ2n) is 2.56. The first-order valence-electron chi connectivity index (χ1n) is 3.82. The number of ether oxygens (including phenoxy) is 1. The fourth-order valence-corrected chi connectivity index (χ4v) is 1.08. The molecule has 0 amide bonds. The predicted molar refractivity (Wildman–Crippen MR) is 45.8 cm³/mol. The highest BCUT2D eigenvalue weighted by atomic mass is 19.4. The number of nitrogens with zero attached hydrogens (tertiary/aromatic N) is 1. The van der Waals surface area contributed by atoms with Gasteiger partial charge in [0.25, 0.3) is 0 Å². The van der Waals surface area contributed by atoms with E-state index in [0.29, 0.717) is 0 Å². The molecule has 6 heteroatoms. The fraction of sp³-hybridized carbons (Fsp3) is 0.222. The van der Waals surface area contributed by atoms with Crippen LogP contribution in [0.4, 0.5) is 18.9 Å². The van der Waals surface area contributed by atoms with Crippen LogP contribution in [0.5, 0.6) is 5.75 Å². The lowest BCUT2D eigenvalue weighted by molar-refractivity contribution is -0.137. The standard InChI is InChI=1S/C9H6F3NO2/c1-15-7-4-2-3-6(9(10,11)12)8(7)13-5-14/h2-4H,1H3. The minimum atomic E-state index is -4.58. The topological polar surface area (TPSA) is 38.7 Å². The third-order valence-electron chi connectivity index (χ3n) is 1.68. The van der Waals surface area contributed by atoms with Crippen molar-refractivity contribution in [2.45, 2.75) is 6.18 Å². The molecule has 0 N–H and O–H groups in total. The second-order valence-corrected chi connectivity index (χ2v) is 2.56. The number of alkyl halides is 3. The number of methoxy groups -OCH3 is 1. The van der Waals surface area contributed by atoms with Crippen molar-refractivity contribution in [3.8, 4) is 5.75 Å². The van der Waals surface area contributed by atoms with Gasteiger partial charge in [-0.15, -0.1) is 0 Å². The molecule has 0 aliphatic heterocycles. The van der Waals surface area contributed by atoms with Crippen LogP contribution in [0.15, 0.2) is 23.2 Å². The molecule has 1 aromatic rings. The van der Waals surface area contributed by atoms with Gasteiger partial charge in [-0.05, 0) is 12.1 Å². The van der Waals surface area contributed by atoms with Gasteiger partial charge in [-0.3, -0.25) is 0 Å². The summed E-state index contributed by atoms with van der Waals surface area (Å²) in [6.45, 7) is 0. The van der Waals surface area contributed by atoms with Crippen molar-refractivity contribution in [1.29, 1.82) is 0 Å². The summed E-state index contributed by atoms with van der Waals surface area (Å²) in [6, 6.07) is 3.27. The van der Waals surface area contributed by atoms with Gasteiger partial charge in [0.2, 0.25) is 6.08 Å². The highest BCUT2D eigenvalue weighted by Crippen LogP contribution is 2.41. The molecule has 0 aromatic heterocycles. The largest absolute Gasteiger partial charge is 0.494 e. The number of aliphatic imine (C=N–C) groups is 1. The smallest absolute Gasteiger partial charge is 0.418 e. The second kappa shape index (κ2) is 4.14. The summed E-state index contributed by atoms with van der Waals surface area (Å²) in [5, 5.41) is 0. The van der Waals surface area contributed by atoms with Crippen LogP contribution in [-0.2, 0) is 11.0 Å². The van der Waals surface area contributed by atoms with Crippen LogP contribution in [0, 0.1) is 0 Å². The Kier molecular flexibility index (Phi) is 3.11. The van der Waals surface area contributed by atoms with Crippen LogP contribution in [0.2, 0.25) is 0 Å². The molecule has 80 valence electrons. The molecule has 0 fully saturated rings. The average Bonchev–Trinajstić information content (AvgIpc) is 2.17. The first-order valence-corrected chi connectivity index (χ1v) is 3.82. The van der Waals surface area contributed by atoms with Crippen molar-refractivity contribution in [2.24, 2.45) is 4.99 Å². The van der Waals surface area contributed by atoms with E-state index in [2.05, 4.69) is 9.73 Å². The van der Waals surface area contributed by atoms with Crippen molar-refractivity contribution >= 4 is 11.8 Å². The normalized spacial score (nSPS) is 10.7. The molecule has 1 rings (SSSR count). The van der Waals surface area contributed by atoms with Gasteiger partial charge >= 0.3 is 6.18 Å². The number of hydrogen-bond donors (Lipinski definition) is 0. The Morgan fingerprint density at radius 2 is 2.07 bits per heavy atom. The lowest BCUT2D eigenvalue weighted by Crippen LogP contribution is -2.05. The Labute approximate surface area is 83.2 Å². The number of carbonyl (C=O) groups excluding carboxylic acids is 1. The molecule has 0 saturated heterocycles. The first kappa shape index (κ1) is 11.3. The van der Waals surface area contributed by atoms with Gasteiger partial charge in [0.15, 0.2) is 0 Å². The van der Waals surface area contributed by atoms with Crippen LogP contribution >= 0.6 is 0 Å². The van der Waals surface area contributed by atoms with Crippen LogP contribution in [-0.4, -0.2) is 13.2 Å². The van der Waals surface area contributed by atoms with E-state index in [1.54, 1.807) is 0 Å². The molecule has 0 atom stereocenters. The van der Waals surface area contributed by atoms with Gasteiger partial charge < -0.3 is 4.74 Å². The molecule has 0 spiro atoms. The maximum absolute atomic E-state index is 12.4. The van der Waals surface area contributed by atoms with Crippen LogP contribution in [0.1, 0.15) is 5.56 Å². The zero-order valence-electron chi connectivity index (χ0n) is 7.63. The van der Waals surface area contributed by atoms with Gasteiger partial charge in [0.1, 0.15) is 11.4 Å². The maximum atomic E-state index is 12.4. The van der Waals surface area contributed by atoms with Crippen molar-refractivity contribution in [2.75, 3.05) is 7.11 Å². The average molecular weight is 217 g/mol. The first-order chi connectivity index (χ1) is 7.00. The molecular formula is C9H6F3NO2. The number of benzene rings is 1. The molecule has 0 aliphatic rings. The number of para-hydroxylation sites is 1. The summed E-state index contributed by atoms with van der Waals surface area (Å²) in [6.07, 6.45) is -3.51. The molecule has 15 heavy (non-hydrogen) atoms. The van der Waals surface area contributed by atoms with E-state index in [9.17, 15) is 18.0 Å². The predicted octanol–water partition coefficient (Wildman–Crippen LogP) is 2.68. The summed E-state index contributed by atoms with van der Waals surface area (Å²) in [5.41, 5.74) is -1.58. The van der Waals surface area contributed by atoms with Gasteiger partial charge in [-0.25, -0.2) is 4.79 Å². The van der Waals surface area contributed by atoms with E-state index in [1.165, 1.54) is 19.2 Å². The Hall–Kier alpha value is -1.81. The zero-order chi connectivity index (χ0) is 11.5. The maximum Gasteiger partial charge on any atom is 0.418 e. The highest BCUT2D eigenvalue weighted by Gasteiger charge is 2.34. The van der Waals surface area contributed by atoms with Gasteiger partial charge in [0, 0.05) is 0 Å². The monoisotopic (exact) mass is 217 g/mol. The molecule has 0 bridgehead atoms. The minimum absolute atomic E-state index is 0.117. The van der Waals surface area contributed by atoms with Crippen LogP contribution < -0.4 is 4.74 Å². The Morgan fingerprint density at radius 3 is 2.53 bits per heavy atom. The van der Waals surface area contributed by atoms with Crippen LogP contribution in [0.3, 0.4) is 0 Å². The van der Waals surface area contributed by atoms with E-state index in [4.69, 9.17) is 0 Å². The summed E-state index contributed by atoms with van der Waals surface area (Å²) in [7, 11) is 1.19. The molecule has 1 aromatic carbocycles. The van der Waals surface area contributed by atoms with E-state index < -0.39 is 17.4 Å². The molecule has 0 heterocycles. The Bertz CT molecular complexity index is 408. The Balaban J connectivity index is 3.45. The molecule has 0 aliphatic carbocycles. The van der Waals surface area contributed by atoms with Crippen molar-refractivity contribution in [1.82, 2.24) is 0 Å². The fourth-order valence-electron chi connectivity index (χ4n) is 1.08. The zero-order valence-corrected chi connectivity index (χ0v) is 7.63. The number of halogens is 3. The summed E-state index contributed by atoms with van der Waals surface area (Å²) in [5.74, 6) is -0.117. The number of hydrogen-bond acceptors (Lipinski definition) is 3. The quantitative estimate of drug-likeness (QED) is 0.564. The summed E-state index contributed by atoms with van der Waals surface area (Å²) < 4.78 is 42.0. The lowest BCUT2D eigenvalue weighted by Gasteiger charge is -2.11. The van der Waals surface area contributed by atoms with Gasteiger partial charge in [-0.1, -0.05) is 6.07 Å². The minimum Gasteiger partial charge on any atom is -0.494 e. The third kappa shape index (κ3) is 2.35. The van der Waals surface area contributed by atoms with Crippen molar-refractivity contribution < 1.29 is 22.7 Å². The van der Waals surface area contributed by atoms with Crippen LogP contribution in [0.25, 0.3) is 0 Å². The Morgan fingerprint density at radius 1 is 1.40 bits per heavy atom. The molecule has 0 unspecified atom stereocenters. The summed E-state index contributed by atoms with van der Waals surface area (Å²) in [4.78, 5) is 13.0.